The molecule has 3 heteroatoms. The number of carbonyl (C=O) groups is 1. The van der Waals surface area contributed by atoms with E-state index in [4.69, 9.17) is 5.11 Å². The van der Waals surface area contributed by atoms with Crippen molar-refractivity contribution in [1.82, 2.24) is 4.90 Å². The molecule has 1 saturated carbocycles. The molecule has 1 N–H and O–H groups in total. The van der Waals surface area contributed by atoms with Crippen LogP contribution >= 0.6 is 0 Å². The molecule has 0 aromatic rings. The first-order valence-electron chi connectivity index (χ1n) is 4.85. The lowest BCUT2D eigenvalue weighted by atomic mass is 9.74. The molecule has 0 spiro atoms. The number of nitrogens with zero attached hydrogens (tertiary/aromatic N) is 1. The van der Waals surface area contributed by atoms with Gasteiger partial charge in [0.05, 0.1) is 5.41 Å². The van der Waals surface area contributed by atoms with Crippen molar-refractivity contribution in [2.24, 2.45) is 5.41 Å². The molecular weight excluding hydrogens is 166 g/mol. The van der Waals surface area contributed by atoms with Gasteiger partial charge in [0.1, 0.15) is 0 Å². The highest BCUT2D eigenvalue weighted by Gasteiger charge is 2.37. The van der Waals surface area contributed by atoms with Gasteiger partial charge in [0.15, 0.2) is 0 Å². The van der Waals surface area contributed by atoms with Crippen molar-refractivity contribution >= 4 is 5.97 Å². The Labute approximate surface area is 79.7 Å². The van der Waals surface area contributed by atoms with Crippen LogP contribution in [0.25, 0.3) is 0 Å². The zero-order valence-corrected chi connectivity index (χ0v) is 8.71. The van der Waals surface area contributed by atoms with Crippen LogP contribution in [0.5, 0.6) is 0 Å². The van der Waals surface area contributed by atoms with Crippen LogP contribution in [0.15, 0.2) is 0 Å². The first-order valence-corrected chi connectivity index (χ1v) is 4.85. The van der Waals surface area contributed by atoms with E-state index >= 15 is 0 Å². The number of aliphatic carboxylic acids is 1. The second kappa shape index (κ2) is 3.66. The average molecular weight is 185 g/mol. The Morgan fingerprint density at radius 3 is 2.15 bits per heavy atom. The Morgan fingerprint density at radius 2 is 1.85 bits per heavy atom. The maximum atomic E-state index is 10.9. The van der Waals surface area contributed by atoms with Gasteiger partial charge in [-0.25, -0.2) is 0 Å². The Hall–Kier alpha value is -0.570. The van der Waals surface area contributed by atoms with Gasteiger partial charge < -0.3 is 10.0 Å². The number of hydrogen-bond donors (Lipinski definition) is 1. The van der Waals surface area contributed by atoms with Crippen molar-refractivity contribution in [3.05, 3.63) is 0 Å². The van der Waals surface area contributed by atoms with E-state index in [0.717, 1.165) is 25.7 Å². The molecule has 13 heavy (non-hydrogen) atoms. The van der Waals surface area contributed by atoms with Crippen LogP contribution in [-0.2, 0) is 4.79 Å². The molecule has 0 atom stereocenters. The molecular formula is C10H19NO2. The molecule has 0 aliphatic heterocycles. The van der Waals surface area contributed by atoms with E-state index in [-0.39, 0.29) is 0 Å². The zero-order chi connectivity index (χ0) is 10.1. The van der Waals surface area contributed by atoms with Gasteiger partial charge in [-0.1, -0.05) is 0 Å². The normalized spacial score (nSPS) is 34.9. The summed E-state index contributed by atoms with van der Waals surface area (Å²) in [5, 5.41) is 9.01. The summed E-state index contributed by atoms with van der Waals surface area (Å²) in [6, 6.07) is 0.576. The standard InChI is InChI=1S/C10H19NO2/c1-10(9(12)13)6-4-8(5-7-10)11(2)3/h8H,4-7H2,1-3H3,(H,12,13). The molecule has 76 valence electrons. The van der Waals surface area contributed by atoms with E-state index < -0.39 is 11.4 Å². The summed E-state index contributed by atoms with van der Waals surface area (Å²) in [5.41, 5.74) is -0.466. The topological polar surface area (TPSA) is 40.5 Å². The quantitative estimate of drug-likeness (QED) is 0.710. The zero-order valence-electron chi connectivity index (χ0n) is 8.71. The van der Waals surface area contributed by atoms with Crippen molar-refractivity contribution in [2.45, 2.75) is 38.6 Å². The van der Waals surface area contributed by atoms with Gasteiger partial charge in [0.25, 0.3) is 0 Å². The van der Waals surface area contributed by atoms with Gasteiger partial charge in [-0.2, -0.15) is 0 Å². The first kappa shape index (κ1) is 10.5. The third-order valence-electron chi connectivity index (χ3n) is 3.31. The Bertz CT molecular complexity index is 193. The first-order chi connectivity index (χ1) is 5.96. The summed E-state index contributed by atoms with van der Waals surface area (Å²) in [6.07, 6.45) is 3.64. The number of rotatable bonds is 2. The van der Waals surface area contributed by atoms with Gasteiger partial charge >= 0.3 is 5.97 Å². The lowest BCUT2D eigenvalue weighted by molar-refractivity contribution is -0.150. The third-order valence-corrected chi connectivity index (χ3v) is 3.31. The Balaban J connectivity index is 2.51. The van der Waals surface area contributed by atoms with Crippen LogP contribution in [0.1, 0.15) is 32.6 Å². The van der Waals surface area contributed by atoms with Crippen molar-refractivity contribution in [3.8, 4) is 0 Å². The molecule has 1 fully saturated rings. The fraction of sp³-hybridized carbons (Fsp3) is 0.900. The van der Waals surface area contributed by atoms with Crippen LogP contribution in [0.4, 0.5) is 0 Å². The molecule has 0 bridgehead atoms. The van der Waals surface area contributed by atoms with Crippen molar-refractivity contribution in [2.75, 3.05) is 14.1 Å². The van der Waals surface area contributed by atoms with Gasteiger partial charge in [0.2, 0.25) is 0 Å². The average Bonchev–Trinajstić information content (AvgIpc) is 2.04. The molecule has 0 aromatic heterocycles. The molecule has 0 heterocycles. The monoisotopic (exact) mass is 185 g/mol. The predicted molar refractivity (Wildman–Crippen MR) is 51.7 cm³/mol. The largest absolute Gasteiger partial charge is 0.481 e. The van der Waals surface area contributed by atoms with E-state index in [1.54, 1.807) is 0 Å². The molecule has 1 aliphatic rings. The maximum Gasteiger partial charge on any atom is 0.309 e. The van der Waals surface area contributed by atoms with E-state index in [1.807, 2.05) is 6.92 Å². The molecule has 1 aliphatic carbocycles. The molecule has 0 amide bonds. The van der Waals surface area contributed by atoms with Crippen LogP contribution in [0.3, 0.4) is 0 Å². The minimum absolute atomic E-state index is 0.466. The summed E-state index contributed by atoms with van der Waals surface area (Å²) in [6.45, 7) is 1.86. The van der Waals surface area contributed by atoms with Crippen LogP contribution in [0, 0.1) is 5.41 Å². The van der Waals surface area contributed by atoms with Gasteiger partial charge in [-0.3, -0.25) is 4.79 Å². The van der Waals surface area contributed by atoms with E-state index in [0.29, 0.717) is 6.04 Å². The highest BCUT2D eigenvalue weighted by molar-refractivity contribution is 5.74. The smallest absolute Gasteiger partial charge is 0.309 e. The van der Waals surface area contributed by atoms with E-state index in [2.05, 4.69) is 19.0 Å². The molecule has 3 nitrogen and oxygen atoms in total. The van der Waals surface area contributed by atoms with Gasteiger partial charge in [0, 0.05) is 6.04 Å². The number of hydrogen-bond acceptors (Lipinski definition) is 2. The minimum Gasteiger partial charge on any atom is -0.481 e. The second-order valence-corrected chi connectivity index (χ2v) is 4.56. The van der Waals surface area contributed by atoms with Crippen molar-refractivity contribution < 1.29 is 9.90 Å². The molecule has 0 unspecified atom stereocenters. The fourth-order valence-electron chi connectivity index (χ4n) is 1.97. The summed E-state index contributed by atoms with van der Waals surface area (Å²) in [4.78, 5) is 13.1. The molecule has 1 rings (SSSR count). The molecule has 0 radical (unpaired) electrons. The summed E-state index contributed by atoms with van der Waals surface area (Å²) in [5.74, 6) is -0.635. The highest BCUT2D eigenvalue weighted by atomic mass is 16.4. The molecule has 0 aromatic carbocycles. The van der Waals surface area contributed by atoms with E-state index in [9.17, 15) is 4.79 Å². The predicted octanol–water partition coefficient (Wildman–Crippen LogP) is 1.58. The SMILES string of the molecule is CN(C)C1CCC(C)(C(=O)O)CC1. The summed E-state index contributed by atoms with van der Waals surface area (Å²) in [7, 11) is 4.13. The Kier molecular flexibility index (Phi) is 2.96. The van der Waals surface area contributed by atoms with Crippen LogP contribution in [0.2, 0.25) is 0 Å². The van der Waals surface area contributed by atoms with Crippen molar-refractivity contribution in [3.63, 3.8) is 0 Å². The minimum atomic E-state index is -0.635. The Morgan fingerprint density at radius 1 is 1.38 bits per heavy atom. The fourth-order valence-corrected chi connectivity index (χ4v) is 1.97. The van der Waals surface area contributed by atoms with Crippen LogP contribution in [-0.4, -0.2) is 36.1 Å². The molecule has 0 saturated heterocycles. The lowest BCUT2D eigenvalue weighted by Gasteiger charge is -2.36. The number of carboxylic acids is 1. The summed E-state index contributed by atoms with van der Waals surface area (Å²) < 4.78 is 0. The highest BCUT2D eigenvalue weighted by Crippen LogP contribution is 2.37. The van der Waals surface area contributed by atoms with Crippen LogP contribution < -0.4 is 0 Å². The third kappa shape index (κ3) is 2.21. The maximum absolute atomic E-state index is 10.9. The van der Waals surface area contributed by atoms with E-state index in [1.165, 1.54) is 0 Å². The second-order valence-electron chi connectivity index (χ2n) is 4.56. The van der Waals surface area contributed by atoms with Gasteiger partial charge in [-0.05, 0) is 46.7 Å². The lowest BCUT2D eigenvalue weighted by Crippen LogP contribution is -2.39. The number of carboxylic acid groups (broad SMARTS) is 1. The summed E-state index contributed by atoms with van der Waals surface area (Å²) >= 11 is 0. The van der Waals surface area contributed by atoms with Gasteiger partial charge in [-0.15, -0.1) is 0 Å². The van der Waals surface area contributed by atoms with Crippen molar-refractivity contribution in [1.29, 1.82) is 0 Å².